The second-order valence-electron chi connectivity index (χ2n) is 6.28. The monoisotopic (exact) mass is 341 g/mol. The standard InChI is InChI=1S/C17H19N5O3/c1-11-17(24)22(13-5-3-4-6-14(13)25-11)10-16(23)20-7-8-21-12(2)18-19-15(21)9-20/h3-6,11H,7-10H2,1-2H3/t11-/m0/s1. The van der Waals surface area contributed by atoms with Gasteiger partial charge in [0.2, 0.25) is 5.91 Å². The summed E-state index contributed by atoms with van der Waals surface area (Å²) in [5.41, 5.74) is 0.634. The Hall–Kier alpha value is -2.90. The summed E-state index contributed by atoms with van der Waals surface area (Å²) in [6.45, 7) is 5.26. The van der Waals surface area contributed by atoms with Gasteiger partial charge in [0.15, 0.2) is 11.9 Å². The van der Waals surface area contributed by atoms with Gasteiger partial charge in [-0.15, -0.1) is 10.2 Å². The van der Waals surface area contributed by atoms with Crippen LogP contribution in [0.25, 0.3) is 0 Å². The lowest BCUT2D eigenvalue weighted by atomic mass is 10.2. The van der Waals surface area contributed by atoms with Crippen LogP contribution in [0.3, 0.4) is 0 Å². The molecule has 3 heterocycles. The van der Waals surface area contributed by atoms with E-state index in [1.165, 1.54) is 4.90 Å². The van der Waals surface area contributed by atoms with Crippen LogP contribution in [0.15, 0.2) is 24.3 Å². The van der Waals surface area contributed by atoms with Gasteiger partial charge in [-0.3, -0.25) is 14.5 Å². The van der Waals surface area contributed by atoms with E-state index in [-0.39, 0.29) is 18.4 Å². The predicted octanol–water partition coefficient (Wildman–Crippen LogP) is 0.743. The Morgan fingerprint density at radius 1 is 1.28 bits per heavy atom. The maximum atomic E-state index is 12.8. The fourth-order valence-electron chi connectivity index (χ4n) is 3.27. The van der Waals surface area contributed by atoms with Gasteiger partial charge in [0, 0.05) is 13.1 Å². The molecular formula is C17H19N5O3. The molecule has 0 aliphatic carbocycles. The Labute approximate surface area is 145 Å². The van der Waals surface area contributed by atoms with Gasteiger partial charge in [-0.05, 0) is 26.0 Å². The number of hydrogen-bond donors (Lipinski definition) is 0. The van der Waals surface area contributed by atoms with Gasteiger partial charge in [-0.1, -0.05) is 12.1 Å². The number of hydrogen-bond acceptors (Lipinski definition) is 5. The van der Waals surface area contributed by atoms with Crippen molar-refractivity contribution in [1.82, 2.24) is 19.7 Å². The first-order chi connectivity index (χ1) is 12.0. The molecule has 25 heavy (non-hydrogen) atoms. The zero-order valence-corrected chi connectivity index (χ0v) is 14.2. The van der Waals surface area contributed by atoms with E-state index < -0.39 is 6.10 Å². The molecule has 1 atom stereocenters. The molecule has 8 heteroatoms. The van der Waals surface area contributed by atoms with Crippen molar-refractivity contribution in [2.45, 2.75) is 33.0 Å². The van der Waals surface area contributed by atoms with Gasteiger partial charge in [0.05, 0.1) is 12.2 Å². The minimum atomic E-state index is -0.602. The molecule has 0 N–H and O–H groups in total. The van der Waals surface area contributed by atoms with Crippen LogP contribution in [0.2, 0.25) is 0 Å². The molecule has 0 bridgehead atoms. The lowest BCUT2D eigenvalue weighted by Gasteiger charge is -2.34. The summed E-state index contributed by atoms with van der Waals surface area (Å²) in [4.78, 5) is 28.5. The van der Waals surface area contributed by atoms with Gasteiger partial charge in [0.1, 0.15) is 18.1 Å². The summed E-state index contributed by atoms with van der Waals surface area (Å²) in [6.07, 6.45) is -0.602. The van der Waals surface area contributed by atoms with Crippen LogP contribution in [0.1, 0.15) is 18.6 Å². The Bertz CT molecular complexity index is 847. The third kappa shape index (κ3) is 2.63. The number of anilines is 1. The third-order valence-corrected chi connectivity index (χ3v) is 4.66. The van der Waals surface area contributed by atoms with Crippen LogP contribution < -0.4 is 9.64 Å². The molecule has 2 amide bonds. The summed E-state index contributed by atoms with van der Waals surface area (Å²) in [7, 11) is 0. The number of fused-ring (bicyclic) bond motifs is 2. The number of rotatable bonds is 2. The van der Waals surface area contributed by atoms with Gasteiger partial charge in [0.25, 0.3) is 5.91 Å². The average molecular weight is 341 g/mol. The Morgan fingerprint density at radius 2 is 2.08 bits per heavy atom. The zero-order chi connectivity index (χ0) is 17.6. The summed E-state index contributed by atoms with van der Waals surface area (Å²) in [6, 6.07) is 7.28. The van der Waals surface area contributed by atoms with Gasteiger partial charge in [-0.2, -0.15) is 0 Å². The lowest BCUT2D eigenvalue weighted by Crippen LogP contribution is -2.50. The molecule has 4 rings (SSSR count). The predicted molar refractivity (Wildman–Crippen MR) is 89.1 cm³/mol. The summed E-state index contributed by atoms with van der Waals surface area (Å²) in [5, 5.41) is 8.17. The molecule has 0 saturated carbocycles. The molecule has 0 fully saturated rings. The number of para-hydroxylation sites is 2. The molecule has 1 aromatic heterocycles. The quantitative estimate of drug-likeness (QED) is 0.805. The molecule has 0 spiro atoms. The largest absolute Gasteiger partial charge is 0.479 e. The normalized spacial score (nSPS) is 19.3. The van der Waals surface area contributed by atoms with Gasteiger partial charge in [-0.25, -0.2) is 0 Å². The first-order valence-electron chi connectivity index (χ1n) is 8.28. The molecule has 130 valence electrons. The van der Waals surface area contributed by atoms with Crippen molar-refractivity contribution in [3.05, 3.63) is 35.9 Å². The average Bonchev–Trinajstić information content (AvgIpc) is 2.99. The highest BCUT2D eigenvalue weighted by molar-refractivity contribution is 6.03. The SMILES string of the molecule is Cc1nnc2n1CCN(C(=O)CN1C(=O)[C@H](C)Oc3ccccc31)C2. The first-order valence-corrected chi connectivity index (χ1v) is 8.28. The fourth-order valence-corrected chi connectivity index (χ4v) is 3.27. The highest BCUT2D eigenvalue weighted by Crippen LogP contribution is 2.33. The van der Waals surface area contributed by atoms with Crippen LogP contribution in [0, 0.1) is 6.92 Å². The van der Waals surface area contributed by atoms with Crippen LogP contribution in [-0.2, 0) is 22.7 Å². The number of carbonyl (C=O) groups is 2. The van der Waals surface area contributed by atoms with Gasteiger partial charge < -0.3 is 14.2 Å². The van der Waals surface area contributed by atoms with E-state index in [1.807, 2.05) is 29.7 Å². The number of benzene rings is 1. The fraction of sp³-hybridized carbons (Fsp3) is 0.412. The molecule has 2 aromatic rings. The molecule has 0 saturated heterocycles. The highest BCUT2D eigenvalue weighted by atomic mass is 16.5. The summed E-state index contributed by atoms with van der Waals surface area (Å²) in [5.74, 6) is 1.94. The number of aryl methyl sites for hydroxylation is 1. The minimum Gasteiger partial charge on any atom is -0.479 e. The Balaban J connectivity index is 1.54. The van der Waals surface area contributed by atoms with Crippen molar-refractivity contribution in [2.75, 3.05) is 18.0 Å². The van der Waals surface area contributed by atoms with Gasteiger partial charge >= 0.3 is 0 Å². The van der Waals surface area contributed by atoms with E-state index in [9.17, 15) is 9.59 Å². The van der Waals surface area contributed by atoms with Crippen molar-refractivity contribution >= 4 is 17.5 Å². The van der Waals surface area contributed by atoms with Crippen molar-refractivity contribution < 1.29 is 14.3 Å². The second kappa shape index (κ2) is 5.87. The molecular weight excluding hydrogens is 322 g/mol. The first kappa shape index (κ1) is 15.6. The zero-order valence-electron chi connectivity index (χ0n) is 14.2. The number of amides is 2. The molecule has 0 radical (unpaired) electrons. The van der Waals surface area contributed by atoms with E-state index in [1.54, 1.807) is 17.9 Å². The lowest BCUT2D eigenvalue weighted by molar-refractivity contribution is -0.134. The third-order valence-electron chi connectivity index (χ3n) is 4.66. The summed E-state index contributed by atoms with van der Waals surface area (Å²) >= 11 is 0. The van der Waals surface area contributed by atoms with Crippen molar-refractivity contribution in [3.63, 3.8) is 0 Å². The number of nitrogens with zero attached hydrogens (tertiary/aromatic N) is 5. The van der Waals surface area contributed by atoms with E-state index >= 15 is 0 Å². The molecule has 2 aliphatic heterocycles. The van der Waals surface area contributed by atoms with Crippen LogP contribution in [0.4, 0.5) is 5.69 Å². The molecule has 0 unspecified atom stereocenters. The second-order valence-corrected chi connectivity index (χ2v) is 6.28. The van der Waals surface area contributed by atoms with Crippen molar-refractivity contribution in [2.24, 2.45) is 0 Å². The van der Waals surface area contributed by atoms with E-state index in [2.05, 4.69) is 10.2 Å². The Kier molecular flexibility index (Phi) is 3.67. The van der Waals surface area contributed by atoms with E-state index in [4.69, 9.17) is 4.74 Å². The topological polar surface area (TPSA) is 80.6 Å². The number of carbonyl (C=O) groups excluding carboxylic acids is 2. The number of aromatic nitrogens is 3. The van der Waals surface area contributed by atoms with Crippen LogP contribution >= 0.6 is 0 Å². The van der Waals surface area contributed by atoms with Crippen LogP contribution in [0.5, 0.6) is 5.75 Å². The Morgan fingerprint density at radius 3 is 2.92 bits per heavy atom. The van der Waals surface area contributed by atoms with E-state index in [0.29, 0.717) is 31.1 Å². The molecule has 8 nitrogen and oxygen atoms in total. The maximum absolute atomic E-state index is 12.8. The van der Waals surface area contributed by atoms with Crippen LogP contribution in [-0.4, -0.2) is 50.7 Å². The maximum Gasteiger partial charge on any atom is 0.268 e. The molecule has 2 aliphatic rings. The number of ether oxygens (including phenoxy) is 1. The molecule has 1 aromatic carbocycles. The van der Waals surface area contributed by atoms with E-state index in [0.717, 1.165) is 11.6 Å². The minimum absolute atomic E-state index is 0.00331. The smallest absolute Gasteiger partial charge is 0.268 e. The van der Waals surface area contributed by atoms with Crippen molar-refractivity contribution in [1.29, 1.82) is 0 Å². The summed E-state index contributed by atoms with van der Waals surface area (Å²) < 4.78 is 7.63. The highest BCUT2D eigenvalue weighted by Gasteiger charge is 2.34. The van der Waals surface area contributed by atoms with Crippen molar-refractivity contribution in [3.8, 4) is 5.75 Å².